The highest BCUT2D eigenvalue weighted by atomic mass is 32.2. The summed E-state index contributed by atoms with van der Waals surface area (Å²) >= 11 is -2.22. The van der Waals surface area contributed by atoms with Crippen molar-refractivity contribution < 1.29 is 14.0 Å². The SMILES string of the molecule is CCCCCN(O)S(=O)O. The standard InChI is InChI=1S/C5H13NO3S/c1-2-3-4-5-6(7)10(8)9/h7H,2-5H2,1H3,(H,8,9). The summed E-state index contributed by atoms with van der Waals surface area (Å²) in [6.07, 6.45) is 2.75. The van der Waals surface area contributed by atoms with E-state index in [1.807, 2.05) is 6.92 Å². The van der Waals surface area contributed by atoms with E-state index in [0.29, 0.717) is 4.47 Å². The molecule has 4 nitrogen and oxygen atoms in total. The lowest BCUT2D eigenvalue weighted by Crippen LogP contribution is -2.22. The molecule has 1 atom stereocenters. The van der Waals surface area contributed by atoms with Gasteiger partial charge in [0, 0.05) is 6.54 Å². The molecule has 0 aromatic carbocycles. The van der Waals surface area contributed by atoms with E-state index in [4.69, 9.17) is 9.76 Å². The second-order valence-electron chi connectivity index (χ2n) is 2.01. The average molecular weight is 167 g/mol. The molecule has 0 saturated carbocycles. The maximum atomic E-state index is 10.1. The van der Waals surface area contributed by atoms with Crippen LogP contribution in [0.4, 0.5) is 0 Å². The van der Waals surface area contributed by atoms with Gasteiger partial charge in [0.15, 0.2) is 0 Å². The minimum Gasteiger partial charge on any atom is -0.299 e. The Bertz CT molecular complexity index is 109. The third-order valence-corrected chi connectivity index (χ3v) is 1.68. The van der Waals surface area contributed by atoms with E-state index < -0.39 is 11.3 Å². The van der Waals surface area contributed by atoms with Crippen LogP contribution in [0.25, 0.3) is 0 Å². The van der Waals surface area contributed by atoms with Crippen molar-refractivity contribution in [2.24, 2.45) is 0 Å². The molecule has 0 aliphatic heterocycles. The molecule has 0 aliphatic rings. The third kappa shape index (κ3) is 4.87. The van der Waals surface area contributed by atoms with E-state index >= 15 is 0 Å². The quantitative estimate of drug-likeness (QED) is 0.365. The molecule has 0 amide bonds. The lowest BCUT2D eigenvalue weighted by atomic mass is 10.3. The van der Waals surface area contributed by atoms with Crippen LogP contribution in [0.1, 0.15) is 26.2 Å². The van der Waals surface area contributed by atoms with Gasteiger partial charge in [0.1, 0.15) is 0 Å². The first kappa shape index (κ1) is 10.0. The Morgan fingerprint density at radius 1 is 1.50 bits per heavy atom. The Hall–Kier alpha value is 0.0300. The van der Waals surface area contributed by atoms with Crippen LogP contribution < -0.4 is 0 Å². The smallest absolute Gasteiger partial charge is 0.258 e. The molecule has 0 heterocycles. The van der Waals surface area contributed by atoms with Crippen LogP contribution >= 0.6 is 0 Å². The van der Waals surface area contributed by atoms with Gasteiger partial charge in [-0.05, 0) is 6.42 Å². The second-order valence-corrected chi connectivity index (χ2v) is 2.90. The summed E-state index contributed by atoms with van der Waals surface area (Å²) < 4.78 is 18.8. The molecule has 1 unspecified atom stereocenters. The molecular weight excluding hydrogens is 154 g/mol. The number of hydrogen-bond acceptors (Lipinski definition) is 2. The van der Waals surface area contributed by atoms with Gasteiger partial charge >= 0.3 is 0 Å². The predicted molar refractivity (Wildman–Crippen MR) is 38.8 cm³/mol. The Labute approximate surface area is 63.2 Å². The van der Waals surface area contributed by atoms with Crippen LogP contribution in [-0.4, -0.2) is 25.0 Å². The average Bonchev–Trinajstić information content (AvgIpc) is 1.88. The van der Waals surface area contributed by atoms with E-state index in [1.165, 1.54) is 0 Å². The maximum Gasteiger partial charge on any atom is 0.258 e. The zero-order valence-corrected chi connectivity index (χ0v) is 6.80. The van der Waals surface area contributed by atoms with Gasteiger partial charge < -0.3 is 0 Å². The molecule has 2 N–H and O–H groups in total. The minimum absolute atomic E-state index is 0.261. The summed E-state index contributed by atoms with van der Waals surface area (Å²) in [6.45, 7) is 2.29. The first-order chi connectivity index (χ1) is 4.68. The van der Waals surface area contributed by atoms with Gasteiger partial charge in [-0.25, -0.2) is 4.21 Å². The summed E-state index contributed by atoms with van der Waals surface area (Å²) in [4.78, 5) is 0. The lowest BCUT2D eigenvalue weighted by Gasteiger charge is -2.07. The molecule has 0 spiro atoms. The minimum atomic E-state index is -2.22. The maximum absolute atomic E-state index is 10.1. The Morgan fingerprint density at radius 2 is 2.10 bits per heavy atom. The van der Waals surface area contributed by atoms with Gasteiger partial charge in [-0.15, -0.1) is 0 Å². The zero-order valence-electron chi connectivity index (χ0n) is 5.99. The van der Waals surface area contributed by atoms with Crippen LogP contribution in [-0.2, 0) is 11.3 Å². The van der Waals surface area contributed by atoms with Gasteiger partial charge in [-0.3, -0.25) is 9.76 Å². The number of rotatable bonds is 5. The van der Waals surface area contributed by atoms with E-state index in [9.17, 15) is 4.21 Å². The van der Waals surface area contributed by atoms with Gasteiger partial charge in [0.25, 0.3) is 11.3 Å². The number of hydrogen-bond donors (Lipinski definition) is 2. The summed E-state index contributed by atoms with van der Waals surface area (Å²) in [5.41, 5.74) is 0. The molecule has 0 aromatic heterocycles. The first-order valence-corrected chi connectivity index (χ1v) is 4.32. The van der Waals surface area contributed by atoms with Crippen molar-refractivity contribution in [3.8, 4) is 0 Å². The molecule has 5 heteroatoms. The van der Waals surface area contributed by atoms with Gasteiger partial charge in [-0.2, -0.15) is 0 Å². The first-order valence-electron chi connectivity index (χ1n) is 3.26. The van der Waals surface area contributed by atoms with E-state index in [-0.39, 0.29) is 6.54 Å². The molecule has 10 heavy (non-hydrogen) atoms. The van der Waals surface area contributed by atoms with Gasteiger partial charge in [0.2, 0.25) is 0 Å². The van der Waals surface area contributed by atoms with E-state index in [2.05, 4.69) is 0 Å². The van der Waals surface area contributed by atoms with Crippen molar-refractivity contribution in [2.75, 3.05) is 6.54 Å². The van der Waals surface area contributed by atoms with Crippen molar-refractivity contribution in [1.29, 1.82) is 0 Å². The van der Waals surface area contributed by atoms with Crippen molar-refractivity contribution in [3.05, 3.63) is 0 Å². The molecule has 0 radical (unpaired) electrons. The second kappa shape index (κ2) is 5.79. The topological polar surface area (TPSA) is 60.8 Å². The highest BCUT2D eigenvalue weighted by Crippen LogP contribution is 1.96. The Balaban J connectivity index is 3.21. The van der Waals surface area contributed by atoms with Gasteiger partial charge in [-0.1, -0.05) is 24.2 Å². The van der Waals surface area contributed by atoms with Crippen molar-refractivity contribution >= 4 is 11.3 Å². The van der Waals surface area contributed by atoms with Crippen LogP contribution in [0, 0.1) is 0 Å². The molecule has 0 aliphatic carbocycles. The number of nitrogens with zero attached hydrogens (tertiary/aromatic N) is 1. The Kier molecular flexibility index (Phi) is 5.81. The Morgan fingerprint density at radius 3 is 2.50 bits per heavy atom. The van der Waals surface area contributed by atoms with Crippen LogP contribution in [0.5, 0.6) is 0 Å². The van der Waals surface area contributed by atoms with Crippen molar-refractivity contribution in [3.63, 3.8) is 0 Å². The zero-order chi connectivity index (χ0) is 7.98. The van der Waals surface area contributed by atoms with Crippen molar-refractivity contribution in [1.82, 2.24) is 4.47 Å². The van der Waals surface area contributed by atoms with Crippen molar-refractivity contribution in [2.45, 2.75) is 26.2 Å². The molecule has 0 fully saturated rings. The van der Waals surface area contributed by atoms with Crippen LogP contribution in [0.15, 0.2) is 0 Å². The van der Waals surface area contributed by atoms with E-state index in [1.54, 1.807) is 0 Å². The largest absolute Gasteiger partial charge is 0.299 e. The predicted octanol–water partition coefficient (Wildman–Crippen LogP) is 1.00. The fourth-order valence-corrected chi connectivity index (χ4v) is 0.860. The summed E-state index contributed by atoms with van der Waals surface area (Å²) in [6, 6.07) is 0. The summed E-state index contributed by atoms with van der Waals surface area (Å²) in [5, 5.41) is 8.64. The summed E-state index contributed by atoms with van der Waals surface area (Å²) in [5.74, 6) is 0. The molecular formula is C5H13NO3S. The molecule has 0 aromatic rings. The van der Waals surface area contributed by atoms with E-state index in [0.717, 1.165) is 19.3 Å². The fraction of sp³-hybridized carbons (Fsp3) is 1.00. The molecule has 62 valence electrons. The van der Waals surface area contributed by atoms with Crippen LogP contribution in [0.2, 0.25) is 0 Å². The third-order valence-electron chi connectivity index (χ3n) is 1.13. The number of hydroxylamine groups is 1. The fourth-order valence-electron chi connectivity index (χ4n) is 0.575. The number of unbranched alkanes of at least 4 members (excludes halogenated alkanes) is 2. The monoisotopic (exact) mass is 167 g/mol. The highest BCUT2D eigenvalue weighted by Gasteiger charge is 2.03. The summed E-state index contributed by atoms with van der Waals surface area (Å²) in [7, 11) is 0. The van der Waals surface area contributed by atoms with Crippen LogP contribution in [0.3, 0.4) is 0 Å². The van der Waals surface area contributed by atoms with Gasteiger partial charge in [0.05, 0.1) is 0 Å². The highest BCUT2D eigenvalue weighted by molar-refractivity contribution is 7.76. The lowest BCUT2D eigenvalue weighted by molar-refractivity contribution is 0.000532. The molecule has 0 saturated heterocycles. The molecule has 0 rings (SSSR count). The molecule has 0 bridgehead atoms. The normalized spacial score (nSPS) is 14.0.